The molecule has 0 aliphatic rings. The zero-order chi connectivity index (χ0) is 12.8. The molecule has 18 heavy (non-hydrogen) atoms. The zero-order valence-electron chi connectivity index (χ0n) is 10.0. The van der Waals surface area contributed by atoms with Crippen LogP contribution in [0, 0.1) is 11.3 Å². The Morgan fingerprint density at radius 1 is 1.50 bits per heavy atom. The Labute approximate surface area is 110 Å². The van der Waals surface area contributed by atoms with Gasteiger partial charge < -0.3 is 10.1 Å². The first-order valence-corrected chi connectivity index (χ1v) is 6.37. The number of nitrogens with zero attached hydrogens (tertiary/aromatic N) is 2. The molecule has 0 fully saturated rings. The van der Waals surface area contributed by atoms with E-state index in [1.807, 2.05) is 23.6 Å². The van der Waals surface area contributed by atoms with E-state index in [2.05, 4.69) is 16.4 Å². The van der Waals surface area contributed by atoms with Crippen LogP contribution in [0.25, 0.3) is 0 Å². The average Bonchev–Trinajstić information content (AvgIpc) is 2.87. The van der Waals surface area contributed by atoms with Gasteiger partial charge in [-0.05, 0) is 12.1 Å². The Bertz CT molecular complexity index is 559. The van der Waals surface area contributed by atoms with Gasteiger partial charge in [-0.2, -0.15) is 5.26 Å². The summed E-state index contributed by atoms with van der Waals surface area (Å²) >= 11 is 1.59. The van der Waals surface area contributed by atoms with Gasteiger partial charge in [0.2, 0.25) is 5.88 Å². The molecule has 2 heterocycles. The molecule has 92 valence electrons. The SMILES string of the molecule is COc1ncccc1CNCc1cc(C#N)cs1. The first-order valence-electron chi connectivity index (χ1n) is 5.49. The maximum absolute atomic E-state index is 8.73. The molecule has 0 amide bonds. The highest BCUT2D eigenvalue weighted by molar-refractivity contribution is 7.10. The highest BCUT2D eigenvalue weighted by Crippen LogP contribution is 2.15. The standard InChI is InChI=1S/C13H13N3OS/c1-17-13-11(3-2-4-16-13)7-15-8-12-5-10(6-14)9-18-12/h2-5,9,15H,7-8H2,1H3. The number of hydrogen-bond acceptors (Lipinski definition) is 5. The van der Waals surface area contributed by atoms with Crippen molar-refractivity contribution in [3.8, 4) is 11.9 Å². The molecular weight excluding hydrogens is 246 g/mol. The van der Waals surface area contributed by atoms with Crippen LogP contribution in [-0.2, 0) is 13.1 Å². The summed E-state index contributed by atoms with van der Waals surface area (Å²) in [5.74, 6) is 0.647. The van der Waals surface area contributed by atoms with Gasteiger partial charge in [-0.25, -0.2) is 4.98 Å². The van der Waals surface area contributed by atoms with E-state index in [1.54, 1.807) is 24.6 Å². The smallest absolute Gasteiger partial charge is 0.217 e. The summed E-state index contributed by atoms with van der Waals surface area (Å²) in [6, 6.07) is 7.89. The van der Waals surface area contributed by atoms with E-state index in [1.165, 1.54) is 0 Å². The fourth-order valence-electron chi connectivity index (χ4n) is 1.59. The molecule has 0 saturated carbocycles. The molecule has 0 saturated heterocycles. The third-order valence-electron chi connectivity index (χ3n) is 2.44. The van der Waals surface area contributed by atoms with E-state index in [4.69, 9.17) is 10.00 Å². The summed E-state index contributed by atoms with van der Waals surface area (Å²) in [5, 5.41) is 13.9. The van der Waals surface area contributed by atoms with Crippen LogP contribution in [0.1, 0.15) is 16.0 Å². The Morgan fingerprint density at radius 2 is 2.39 bits per heavy atom. The number of hydrogen-bond donors (Lipinski definition) is 1. The maximum atomic E-state index is 8.73. The number of nitrogens with one attached hydrogen (secondary N) is 1. The first-order chi connectivity index (χ1) is 8.83. The van der Waals surface area contributed by atoms with Crippen molar-refractivity contribution in [2.24, 2.45) is 0 Å². The first kappa shape index (κ1) is 12.6. The molecule has 4 nitrogen and oxygen atoms in total. The topological polar surface area (TPSA) is 57.9 Å². The van der Waals surface area contributed by atoms with Crippen molar-refractivity contribution in [3.05, 3.63) is 45.8 Å². The van der Waals surface area contributed by atoms with Crippen LogP contribution in [0.15, 0.2) is 29.8 Å². The molecule has 5 heteroatoms. The van der Waals surface area contributed by atoms with Gasteiger partial charge in [-0.15, -0.1) is 11.3 Å². The number of methoxy groups -OCH3 is 1. The summed E-state index contributed by atoms with van der Waals surface area (Å²) in [7, 11) is 1.62. The third kappa shape index (κ3) is 3.06. The lowest BCUT2D eigenvalue weighted by molar-refractivity contribution is 0.390. The van der Waals surface area contributed by atoms with Crippen LogP contribution in [0.4, 0.5) is 0 Å². The molecule has 2 rings (SSSR count). The molecule has 2 aromatic rings. The van der Waals surface area contributed by atoms with Crippen molar-refractivity contribution in [1.29, 1.82) is 5.26 Å². The van der Waals surface area contributed by atoms with E-state index in [0.29, 0.717) is 12.4 Å². The number of aromatic nitrogens is 1. The number of nitriles is 1. The predicted molar refractivity (Wildman–Crippen MR) is 70.4 cm³/mol. The van der Waals surface area contributed by atoms with Crippen LogP contribution in [0.2, 0.25) is 0 Å². The molecule has 1 N–H and O–H groups in total. The second-order valence-corrected chi connectivity index (χ2v) is 4.68. The van der Waals surface area contributed by atoms with E-state index in [0.717, 1.165) is 22.5 Å². The lowest BCUT2D eigenvalue weighted by atomic mass is 10.2. The summed E-state index contributed by atoms with van der Waals surface area (Å²) in [6.07, 6.45) is 1.71. The minimum Gasteiger partial charge on any atom is -0.481 e. The largest absolute Gasteiger partial charge is 0.481 e. The summed E-state index contributed by atoms with van der Waals surface area (Å²) < 4.78 is 5.18. The molecule has 0 unspecified atom stereocenters. The fourth-order valence-corrected chi connectivity index (χ4v) is 2.37. The quantitative estimate of drug-likeness (QED) is 0.895. The average molecular weight is 259 g/mol. The van der Waals surface area contributed by atoms with Crippen molar-refractivity contribution in [2.75, 3.05) is 7.11 Å². The summed E-state index contributed by atoms with van der Waals surface area (Å²) in [6.45, 7) is 1.43. The van der Waals surface area contributed by atoms with Gasteiger partial charge in [-0.3, -0.25) is 0 Å². The van der Waals surface area contributed by atoms with Gasteiger partial charge >= 0.3 is 0 Å². The molecule has 0 aromatic carbocycles. The fraction of sp³-hybridized carbons (Fsp3) is 0.231. The van der Waals surface area contributed by atoms with Gasteiger partial charge in [-0.1, -0.05) is 6.07 Å². The second kappa shape index (κ2) is 6.15. The molecule has 0 aliphatic heterocycles. The van der Waals surface area contributed by atoms with Crippen molar-refractivity contribution in [3.63, 3.8) is 0 Å². The van der Waals surface area contributed by atoms with E-state index >= 15 is 0 Å². The molecule has 0 radical (unpaired) electrons. The maximum Gasteiger partial charge on any atom is 0.217 e. The van der Waals surface area contributed by atoms with Crippen LogP contribution in [0.3, 0.4) is 0 Å². The van der Waals surface area contributed by atoms with Gasteiger partial charge in [0, 0.05) is 35.1 Å². The predicted octanol–water partition coefficient (Wildman–Crippen LogP) is 2.31. The van der Waals surface area contributed by atoms with Crippen LogP contribution in [-0.4, -0.2) is 12.1 Å². The third-order valence-corrected chi connectivity index (χ3v) is 3.38. The lowest BCUT2D eigenvalue weighted by Gasteiger charge is -2.07. The molecular formula is C13H13N3OS. The van der Waals surface area contributed by atoms with Crippen LogP contribution >= 0.6 is 11.3 Å². The van der Waals surface area contributed by atoms with Gasteiger partial charge in [0.15, 0.2) is 0 Å². The minimum atomic E-state index is 0.647. The van der Waals surface area contributed by atoms with Gasteiger partial charge in [0.05, 0.1) is 12.7 Å². The number of thiophene rings is 1. The Morgan fingerprint density at radius 3 is 3.11 bits per heavy atom. The zero-order valence-corrected chi connectivity index (χ0v) is 10.8. The van der Waals surface area contributed by atoms with Crippen LogP contribution < -0.4 is 10.1 Å². The number of ether oxygens (including phenoxy) is 1. The van der Waals surface area contributed by atoms with Gasteiger partial charge in [0.25, 0.3) is 0 Å². The minimum absolute atomic E-state index is 0.647. The number of pyridine rings is 1. The Kier molecular flexibility index (Phi) is 4.29. The normalized spacial score (nSPS) is 10.0. The second-order valence-electron chi connectivity index (χ2n) is 3.69. The highest BCUT2D eigenvalue weighted by Gasteiger charge is 2.03. The number of rotatable bonds is 5. The molecule has 0 atom stereocenters. The van der Waals surface area contributed by atoms with Gasteiger partial charge in [0.1, 0.15) is 6.07 Å². The summed E-state index contributed by atoms with van der Waals surface area (Å²) in [5.41, 5.74) is 1.74. The lowest BCUT2D eigenvalue weighted by Crippen LogP contribution is -2.12. The molecule has 0 aliphatic carbocycles. The monoisotopic (exact) mass is 259 g/mol. The van der Waals surface area contributed by atoms with Crippen molar-refractivity contribution in [1.82, 2.24) is 10.3 Å². The molecule has 0 bridgehead atoms. The van der Waals surface area contributed by atoms with E-state index in [-0.39, 0.29) is 0 Å². The van der Waals surface area contributed by atoms with E-state index in [9.17, 15) is 0 Å². The molecule has 2 aromatic heterocycles. The Hall–Kier alpha value is -1.90. The van der Waals surface area contributed by atoms with E-state index < -0.39 is 0 Å². The van der Waals surface area contributed by atoms with Crippen molar-refractivity contribution >= 4 is 11.3 Å². The summed E-state index contributed by atoms with van der Waals surface area (Å²) in [4.78, 5) is 5.29. The molecule has 0 spiro atoms. The highest BCUT2D eigenvalue weighted by atomic mass is 32.1. The van der Waals surface area contributed by atoms with Crippen molar-refractivity contribution < 1.29 is 4.74 Å². The van der Waals surface area contributed by atoms with Crippen LogP contribution in [0.5, 0.6) is 5.88 Å². The Balaban J connectivity index is 1.90. The van der Waals surface area contributed by atoms with Crippen molar-refractivity contribution in [2.45, 2.75) is 13.1 Å².